The van der Waals surface area contributed by atoms with E-state index in [0.29, 0.717) is 5.82 Å². The number of fused-ring (bicyclic) bond motifs is 10. The highest BCUT2D eigenvalue weighted by atomic mass is 14.9. The Kier molecular flexibility index (Phi) is 7.81. The molecule has 0 radical (unpaired) electrons. The molecule has 10 rings (SSSR count). The van der Waals surface area contributed by atoms with Crippen molar-refractivity contribution in [2.45, 2.75) is 0 Å². The lowest BCUT2D eigenvalue weighted by molar-refractivity contribution is 1.18. The van der Waals surface area contributed by atoms with E-state index in [2.05, 4.69) is 175 Å². The van der Waals surface area contributed by atoms with E-state index < -0.39 is 0 Å². The molecule has 0 aliphatic heterocycles. The van der Waals surface area contributed by atoms with Gasteiger partial charge in [0.25, 0.3) is 0 Å². The molecule has 0 amide bonds. The maximum Gasteiger partial charge on any atom is 0.160 e. The molecule has 3 heteroatoms. The number of aromatic nitrogens is 3. The number of hydrogen-bond acceptors (Lipinski definition) is 3. The normalized spacial score (nSPS) is 11.3. The van der Waals surface area contributed by atoms with Crippen LogP contribution in [0.5, 0.6) is 0 Å². The quantitative estimate of drug-likeness (QED) is 0.185. The summed E-state index contributed by atoms with van der Waals surface area (Å²) in [5.41, 5.74) is 7.03. The van der Waals surface area contributed by atoms with Gasteiger partial charge in [0.05, 0.1) is 11.4 Å². The Bertz CT molecular complexity index is 3010. The molecule has 0 aliphatic carbocycles. The molecular weight excluding hydrogens is 655 g/mol. The number of pyridine rings is 1. The molecule has 3 nitrogen and oxygen atoms in total. The summed E-state index contributed by atoms with van der Waals surface area (Å²) in [7, 11) is 0. The van der Waals surface area contributed by atoms with Gasteiger partial charge in [0, 0.05) is 29.1 Å². The van der Waals surface area contributed by atoms with Crippen molar-refractivity contribution >= 4 is 53.9 Å². The zero-order chi connectivity index (χ0) is 35.8. The second kappa shape index (κ2) is 13.4. The highest BCUT2D eigenvalue weighted by Crippen LogP contribution is 2.38. The van der Waals surface area contributed by atoms with Gasteiger partial charge in [-0.05, 0) is 89.3 Å². The molecule has 0 atom stereocenters. The van der Waals surface area contributed by atoms with Crippen molar-refractivity contribution in [3.63, 3.8) is 0 Å². The average molecular weight is 688 g/mol. The second-order valence-electron chi connectivity index (χ2n) is 13.6. The van der Waals surface area contributed by atoms with Crippen LogP contribution in [-0.4, -0.2) is 15.0 Å². The summed E-state index contributed by atoms with van der Waals surface area (Å²) in [5, 5.41) is 12.0. The van der Waals surface area contributed by atoms with Gasteiger partial charge in [-0.1, -0.05) is 164 Å². The molecule has 0 N–H and O–H groups in total. The van der Waals surface area contributed by atoms with Crippen LogP contribution in [0.3, 0.4) is 0 Å². The molecule has 0 aliphatic rings. The van der Waals surface area contributed by atoms with E-state index in [1.165, 1.54) is 48.5 Å². The Morgan fingerprint density at radius 1 is 0.241 bits per heavy atom. The van der Waals surface area contributed by atoms with Gasteiger partial charge in [0.2, 0.25) is 0 Å². The van der Waals surface area contributed by atoms with E-state index in [0.717, 1.165) is 44.6 Å². The van der Waals surface area contributed by atoms with Crippen LogP contribution in [-0.2, 0) is 0 Å². The Morgan fingerprint density at radius 2 is 0.611 bits per heavy atom. The molecule has 54 heavy (non-hydrogen) atoms. The van der Waals surface area contributed by atoms with Gasteiger partial charge in [0.1, 0.15) is 0 Å². The van der Waals surface area contributed by atoms with Crippen LogP contribution < -0.4 is 0 Å². The molecule has 0 saturated heterocycles. The van der Waals surface area contributed by atoms with E-state index >= 15 is 0 Å². The van der Waals surface area contributed by atoms with E-state index in [4.69, 9.17) is 9.97 Å². The van der Waals surface area contributed by atoms with E-state index in [1.807, 2.05) is 30.6 Å². The average Bonchev–Trinajstić information content (AvgIpc) is 3.26. The SMILES string of the molecule is c1ccc(-c2cc(-c3ccc4c5ccccc5c5ccccc5c5ccccc5c5ccccc5c4c3)nc(-c3ccc(-c4ccncc4)cc3)n2)cc1. The number of benzene rings is 7. The maximum atomic E-state index is 5.27. The monoisotopic (exact) mass is 687 g/mol. The zero-order valence-corrected chi connectivity index (χ0v) is 29.4. The van der Waals surface area contributed by atoms with Crippen LogP contribution in [0.15, 0.2) is 200 Å². The third kappa shape index (κ3) is 5.60. The topological polar surface area (TPSA) is 38.7 Å². The smallest absolute Gasteiger partial charge is 0.160 e. The Morgan fingerprint density at radius 3 is 1.11 bits per heavy atom. The van der Waals surface area contributed by atoms with Crippen LogP contribution in [0, 0.1) is 0 Å². The minimum atomic E-state index is 0.684. The first-order valence-electron chi connectivity index (χ1n) is 18.3. The third-order valence-electron chi connectivity index (χ3n) is 10.4. The minimum absolute atomic E-state index is 0.684. The first-order chi connectivity index (χ1) is 26.8. The predicted molar refractivity (Wildman–Crippen MR) is 227 cm³/mol. The fourth-order valence-electron chi connectivity index (χ4n) is 7.81. The lowest BCUT2D eigenvalue weighted by Gasteiger charge is -2.12. The van der Waals surface area contributed by atoms with Crippen molar-refractivity contribution in [1.29, 1.82) is 0 Å². The maximum absolute atomic E-state index is 5.27. The molecule has 8 aromatic carbocycles. The van der Waals surface area contributed by atoms with Crippen molar-refractivity contribution in [2.75, 3.05) is 0 Å². The number of hydrogen-bond donors (Lipinski definition) is 0. The molecule has 0 spiro atoms. The van der Waals surface area contributed by atoms with Crippen LogP contribution in [0.1, 0.15) is 0 Å². The molecule has 0 saturated carbocycles. The van der Waals surface area contributed by atoms with Gasteiger partial charge in [-0.15, -0.1) is 0 Å². The summed E-state index contributed by atoms with van der Waals surface area (Å²) >= 11 is 0. The summed E-state index contributed by atoms with van der Waals surface area (Å²) in [6.07, 6.45) is 3.64. The van der Waals surface area contributed by atoms with Gasteiger partial charge >= 0.3 is 0 Å². The third-order valence-corrected chi connectivity index (χ3v) is 10.4. The molecule has 0 bridgehead atoms. The molecule has 0 unspecified atom stereocenters. The van der Waals surface area contributed by atoms with Gasteiger partial charge in [-0.3, -0.25) is 4.98 Å². The van der Waals surface area contributed by atoms with E-state index in [1.54, 1.807) is 0 Å². The summed E-state index contributed by atoms with van der Waals surface area (Å²) in [5.74, 6) is 0.684. The standard InChI is InChI=1S/C51H33N3/c1-2-12-36(13-3-1)49-33-50(54-51(53-49)37-24-22-34(23-25-37)35-28-30-52-31-29-35)38-26-27-47-45-20-9-8-18-43(45)41-16-5-4-14-39(41)40-15-6-7-17-42(40)44-19-10-11-21-46(44)48(47)32-38/h1-33H. The fourth-order valence-corrected chi connectivity index (χ4v) is 7.81. The molecule has 10 aromatic rings. The van der Waals surface area contributed by atoms with Crippen LogP contribution >= 0.6 is 0 Å². The molecule has 252 valence electrons. The first kappa shape index (κ1) is 31.5. The van der Waals surface area contributed by atoms with Crippen molar-refractivity contribution < 1.29 is 0 Å². The summed E-state index contributed by atoms with van der Waals surface area (Å²) in [6, 6.07) is 67.1. The van der Waals surface area contributed by atoms with Crippen LogP contribution in [0.4, 0.5) is 0 Å². The Balaban J connectivity index is 1.28. The van der Waals surface area contributed by atoms with Crippen LogP contribution in [0.25, 0.3) is 98.9 Å². The summed E-state index contributed by atoms with van der Waals surface area (Å²) < 4.78 is 0. The lowest BCUT2D eigenvalue weighted by Crippen LogP contribution is -1.96. The molecule has 0 fully saturated rings. The zero-order valence-electron chi connectivity index (χ0n) is 29.4. The van der Waals surface area contributed by atoms with Gasteiger partial charge in [0.15, 0.2) is 5.82 Å². The van der Waals surface area contributed by atoms with Crippen molar-refractivity contribution in [2.24, 2.45) is 0 Å². The number of nitrogens with zero attached hydrogens (tertiary/aromatic N) is 3. The fraction of sp³-hybridized carbons (Fsp3) is 0. The Labute approximate surface area is 313 Å². The largest absolute Gasteiger partial charge is 0.265 e. The highest BCUT2D eigenvalue weighted by molar-refractivity contribution is 6.26. The van der Waals surface area contributed by atoms with Gasteiger partial charge < -0.3 is 0 Å². The van der Waals surface area contributed by atoms with Crippen molar-refractivity contribution in [3.8, 4) is 45.0 Å². The van der Waals surface area contributed by atoms with E-state index in [9.17, 15) is 0 Å². The van der Waals surface area contributed by atoms with Crippen molar-refractivity contribution in [3.05, 3.63) is 200 Å². The van der Waals surface area contributed by atoms with E-state index in [-0.39, 0.29) is 0 Å². The predicted octanol–water partition coefficient (Wildman–Crippen LogP) is 13.4. The number of rotatable bonds is 4. The van der Waals surface area contributed by atoms with Gasteiger partial charge in [-0.2, -0.15) is 0 Å². The minimum Gasteiger partial charge on any atom is -0.265 e. The Hall–Kier alpha value is -7.23. The first-order valence-corrected chi connectivity index (χ1v) is 18.3. The van der Waals surface area contributed by atoms with Crippen LogP contribution in [0.2, 0.25) is 0 Å². The molecule has 2 heterocycles. The molecular formula is C51H33N3. The lowest BCUT2D eigenvalue weighted by atomic mass is 9.93. The molecule has 2 aromatic heterocycles. The van der Waals surface area contributed by atoms with Gasteiger partial charge in [-0.25, -0.2) is 9.97 Å². The summed E-state index contributed by atoms with van der Waals surface area (Å²) in [4.78, 5) is 14.6. The highest BCUT2D eigenvalue weighted by Gasteiger charge is 2.14. The second-order valence-corrected chi connectivity index (χ2v) is 13.6. The van der Waals surface area contributed by atoms with Crippen molar-refractivity contribution in [1.82, 2.24) is 15.0 Å². The summed E-state index contributed by atoms with van der Waals surface area (Å²) in [6.45, 7) is 0.